The minimum Gasteiger partial charge on any atom is -0.322 e. The molecule has 0 aliphatic carbocycles. The number of rotatable bonds is 3. The van der Waals surface area contributed by atoms with Crippen molar-refractivity contribution in [1.82, 2.24) is 20.4 Å². The van der Waals surface area contributed by atoms with Gasteiger partial charge in [0, 0.05) is 29.6 Å². The molecule has 2 heterocycles. The number of anilines is 2. The quantitative estimate of drug-likeness (QED) is 0.594. The van der Waals surface area contributed by atoms with Crippen LogP contribution in [0.1, 0.15) is 72.4 Å². The summed E-state index contributed by atoms with van der Waals surface area (Å²) in [6.45, 7) is 14.5. The third-order valence-corrected chi connectivity index (χ3v) is 5.23. The van der Waals surface area contributed by atoms with Crippen LogP contribution in [0.4, 0.5) is 16.3 Å². The van der Waals surface area contributed by atoms with Crippen LogP contribution in [0.5, 0.6) is 0 Å². The molecule has 31 heavy (non-hydrogen) atoms. The van der Waals surface area contributed by atoms with E-state index in [0.717, 1.165) is 5.69 Å². The van der Waals surface area contributed by atoms with Gasteiger partial charge in [0.15, 0.2) is 6.29 Å². The number of hydrogen-bond donors (Lipinski definition) is 4. The summed E-state index contributed by atoms with van der Waals surface area (Å²) in [5.41, 5.74) is 2.53. The molecule has 1 aromatic heterocycles. The van der Waals surface area contributed by atoms with E-state index < -0.39 is 6.29 Å². The maximum Gasteiger partial charge on any atom is 0.324 e. The molecule has 1 aromatic carbocycles. The number of benzene rings is 1. The van der Waals surface area contributed by atoms with Gasteiger partial charge >= 0.3 is 6.03 Å². The second-order valence-corrected chi connectivity index (χ2v) is 10.3. The van der Waals surface area contributed by atoms with Gasteiger partial charge in [-0.25, -0.2) is 9.48 Å². The Labute approximate surface area is 184 Å². The van der Waals surface area contributed by atoms with Gasteiger partial charge in [0.1, 0.15) is 5.82 Å². The third kappa shape index (κ3) is 5.64. The molecule has 2 atom stereocenters. The Morgan fingerprint density at radius 2 is 1.71 bits per heavy atom. The van der Waals surface area contributed by atoms with Crippen LogP contribution in [0.2, 0.25) is 0 Å². The first kappa shape index (κ1) is 22.8. The van der Waals surface area contributed by atoms with E-state index in [-0.39, 0.29) is 28.8 Å². The van der Waals surface area contributed by atoms with Crippen LogP contribution in [-0.4, -0.2) is 27.8 Å². The van der Waals surface area contributed by atoms with Crippen molar-refractivity contribution < 1.29 is 9.59 Å². The molecule has 2 unspecified atom stereocenters. The molecule has 0 radical (unpaired) electrons. The van der Waals surface area contributed by atoms with E-state index in [9.17, 15) is 9.59 Å². The van der Waals surface area contributed by atoms with Crippen molar-refractivity contribution in [1.29, 1.82) is 0 Å². The van der Waals surface area contributed by atoms with Crippen molar-refractivity contribution >= 4 is 23.4 Å². The number of hydrogen-bond acceptors (Lipinski definition) is 4. The monoisotopic (exact) mass is 426 g/mol. The van der Waals surface area contributed by atoms with Crippen LogP contribution in [0.25, 0.3) is 0 Å². The summed E-state index contributed by atoms with van der Waals surface area (Å²) in [7, 11) is 0. The smallest absolute Gasteiger partial charge is 0.322 e. The lowest BCUT2D eigenvalue weighted by atomic mass is 9.87. The van der Waals surface area contributed by atoms with Crippen LogP contribution in [0.15, 0.2) is 30.3 Å². The van der Waals surface area contributed by atoms with Crippen molar-refractivity contribution in [3.8, 4) is 0 Å². The molecule has 4 N–H and O–H groups in total. The zero-order chi connectivity index (χ0) is 23.0. The summed E-state index contributed by atoms with van der Waals surface area (Å²) in [5, 5.41) is 16.6. The van der Waals surface area contributed by atoms with Gasteiger partial charge in [-0.2, -0.15) is 5.10 Å². The molecule has 168 valence electrons. The van der Waals surface area contributed by atoms with Crippen LogP contribution >= 0.6 is 0 Å². The number of amides is 3. The molecule has 0 saturated carbocycles. The summed E-state index contributed by atoms with van der Waals surface area (Å²) in [6, 6.07) is 9.28. The number of nitrogens with one attached hydrogen (secondary N) is 4. The van der Waals surface area contributed by atoms with Gasteiger partial charge in [0.05, 0.1) is 5.69 Å². The normalized spacial score (nSPS) is 19.6. The highest BCUT2D eigenvalue weighted by Gasteiger charge is 2.29. The Morgan fingerprint density at radius 1 is 1.06 bits per heavy atom. The number of carbonyl (C=O) groups excluding carboxylic acids is 2. The maximum atomic E-state index is 12.7. The average molecular weight is 427 g/mol. The Balaban J connectivity index is 1.80. The highest BCUT2D eigenvalue weighted by atomic mass is 16.2. The lowest BCUT2D eigenvalue weighted by molar-refractivity contribution is -0.125. The van der Waals surface area contributed by atoms with Crippen molar-refractivity contribution in [2.45, 2.75) is 78.0 Å². The first-order chi connectivity index (χ1) is 14.3. The number of nitrogens with zero attached hydrogens (tertiary/aromatic N) is 2. The summed E-state index contributed by atoms with van der Waals surface area (Å²) < 4.78 is 1.62. The van der Waals surface area contributed by atoms with E-state index in [1.165, 1.54) is 5.56 Å². The average Bonchev–Trinajstić information content (AvgIpc) is 3.04. The molecule has 1 aliphatic heterocycles. The molecule has 2 aromatic rings. The number of urea groups is 1. The number of aromatic nitrogens is 2. The molecule has 0 spiro atoms. The van der Waals surface area contributed by atoms with Crippen molar-refractivity contribution in [3.05, 3.63) is 41.6 Å². The highest BCUT2D eigenvalue weighted by molar-refractivity contribution is 5.99. The van der Waals surface area contributed by atoms with Crippen LogP contribution in [0.3, 0.4) is 0 Å². The second kappa shape index (κ2) is 8.34. The molecule has 3 amide bonds. The SMILES string of the molecule is CC1CC(=O)NC(n2nc(C(C)(C)C)cc2NC(=O)Nc2ccc(C(C)(C)C)cc2)N1. The van der Waals surface area contributed by atoms with E-state index in [0.29, 0.717) is 17.9 Å². The minimum atomic E-state index is -0.534. The van der Waals surface area contributed by atoms with Gasteiger partial charge in [0.2, 0.25) is 5.91 Å². The van der Waals surface area contributed by atoms with Gasteiger partial charge in [-0.05, 0) is 30.0 Å². The van der Waals surface area contributed by atoms with Crippen molar-refractivity contribution in [2.24, 2.45) is 0 Å². The first-order valence-electron chi connectivity index (χ1n) is 10.7. The Kier molecular flexibility index (Phi) is 6.14. The van der Waals surface area contributed by atoms with Crippen LogP contribution in [-0.2, 0) is 15.6 Å². The lowest BCUT2D eigenvalue weighted by Crippen LogP contribution is -2.52. The van der Waals surface area contributed by atoms with E-state index in [1.54, 1.807) is 4.68 Å². The molecule has 1 fully saturated rings. The van der Waals surface area contributed by atoms with Gasteiger partial charge in [0.25, 0.3) is 0 Å². The zero-order valence-corrected chi connectivity index (χ0v) is 19.5. The van der Waals surface area contributed by atoms with E-state index in [2.05, 4.69) is 67.9 Å². The van der Waals surface area contributed by atoms with E-state index in [4.69, 9.17) is 0 Å². The lowest BCUT2D eigenvalue weighted by Gasteiger charge is -2.30. The fourth-order valence-electron chi connectivity index (χ4n) is 3.37. The van der Waals surface area contributed by atoms with Crippen molar-refractivity contribution in [2.75, 3.05) is 10.6 Å². The molecule has 8 nitrogen and oxygen atoms in total. The molecular formula is C23H34N6O2. The van der Waals surface area contributed by atoms with Gasteiger partial charge in [-0.15, -0.1) is 0 Å². The van der Waals surface area contributed by atoms with E-state index in [1.807, 2.05) is 37.3 Å². The zero-order valence-electron chi connectivity index (χ0n) is 19.5. The maximum absolute atomic E-state index is 12.7. The third-order valence-electron chi connectivity index (χ3n) is 5.23. The van der Waals surface area contributed by atoms with Crippen LogP contribution in [0, 0.1) is 0 Å². The summed E-state index contributed by atoms with van der Waals surface area (Å²) in [5.74, 6) is 0.444. The molecule has 1 aliphatic rings. The van der Waals surface area contributed by atoms with Crippen LogP contribution < -0.4 is 21.3 Å². The summed E-state index contributed by atoms with van der Waals surface area (Å²) in [6.07, 6.45) is -0.133. The second-order valence-electron chi connectivity index (χ2n) is 10.3. The molecule has 3 rings (SSSR count). The topological polar surface area (TPSA) is 100 Å². The van der Waals surface area contributed by atoms with Gasteiger partial charge in [-0.1, -0.05) is 53.7 Å². The van der Waals surface area contributed by atoms with Gasteiger partial charge in [-0.3, -0.25) is 15.4 Å². The number of carbonyl (C=O) groups is 2. The predicted octanol–water partition coefficient (Wildman–Crippen LogP) is 4.08. The molecular weight excluding hydrogens is 392 g/mol. The standard InChI is InChI=1S/C23H34N6O2/c1-14-12-19(30)27-20(24-14)29-18(13-17(28-29)23(5,6)7)26-21(31)25-16-10-8-15(9-11-16)22(2,3)4/h8-11,13-14,20,24H,12H2,1-7H3,(H,27,30)(H2,25,26,31). The minimum absolute atomic E-state index is 0.00374. The van der Waals surface area contributed by atoms with Gasteiger partial charge < -0.3 is 10.6 Å². The van der Waals surface area contributed by atoms with Crippen molar-refractivity contribution in [3.63, 3.8) is 0 Å². The first-order valence-corrected chi connectivity index (χ1v) is 10.7. The molecule has 1 saturated heterocycles. The Bertz CT molecular complexity index is 950. The fourth-order valence-corrected chi connectivity index (χ4v) is 3.37. The molecule has 0 bridgehead atoms. The Morgan fingerprint density at radius 3 is 2.26 bits per heavy atom. The highest BCUT2D eigenvalue weighted by Crippen LogP contribution is 2.27. The predicted molar refractivity (Wildman–Crippen MR) is 123 cm³/mol. The summed E-state index contributed by atoms with van der Waals surface area (Å²) in [4.78, 5) is 24.8. The van der Waals surface area contributed by atoms with E-state index >= 15 is 0 Å². The largest absolute Gasteiger partial charge is 0.324 e. The molecule has 8 heteroatoms. The Hall–Kier alpha value is -2.87. The fraction of sp³-hybridized carbons (Fsp3) is 0.522. The summed E-state index contributed by atoms with van der Waals surface area (Å²) >= 11 is 0.